The monoisotopic (exact) mass is 375 g/mol. The maximum atomic E-state index is 13.1. The van der Waals surface area contributed by atoms with Gasteiger partial charge in [0, 0.05) is 23.7 Å². The molecule has 0 aromatic heterocycles. The Kier molecular flexibility index (Phi) is 6.13. The van der Waals surface area contributed by atoms with E-state index < -0.39 is 5.91 Å². The van der Waals surface area contributed by atoms with Gasteiger partial charge in [-0.15, -0.1) is 0 Å². The van der Waals surface area contributed by atoms with E-state index in [4.69, 9.17) is 5.73 Å². The zero-order chi connectivity index (χ0) is 20.7. The highest BCUT2D eigenvalue weighted by atomic mass is 16.2. The number of piperidine rings is 1. The van der Waals surface area contributed by atoms with E-state index in [-0.39, 0.29) is 29.3 Å². The molecule has 1 saturated carbocycles. The Bertz CT molecular complexity index is 632. The number of amides is 2. The van der Waals surface area contributed by atoms with E-state index in [9.17, 15) is 9.59 Å². The van der Waals surface area contributed by atoms with Crippen LogP contribution in [0, 0.1) is 29.1 Å². The second-order valence-electron chi connectivity index (χ2n) is 9.92. The molecule has 2 aliphatic rings. The van der Waals surface area contributed by atoms with E-state index in [2.05, 4.69) is 53.1 Å². The topological polar surface area (TPSA) is 75.4 Å². The van der Waals surface area contributed by atoms with Gasteiger partial charge < -0.3 is 16.0 Å². The standard InChI is InChI=1S/C22H37N3O2/c1-12(2)9-18(13(3)20(23)26)24-15(5)19-17-10-16(17)11-25(19)21(27)14(4)22(6,7)8/h12,14,16-19,24H,3,5,9-11H2,1-2,4,6-8H3,(H2,23,26)/t14?,16-,17-,18?,19?/m0/s1. The van der Waals surface area contributed by atoms with Crippen LogP contribution in [0.15, 0.2) is 24.4 Å². The molecule has 1 saturated heterocycles. The molecule has 0 spiro atoms. The molecule has 1 heterocycles. The van der Waals surface area contributed by atoms with E-state index >= 15 is 0 Å². The molecule has 1 aliphatic heterocycles. The number of hydrogen-bond donors (Lipinski definition) is 2. The van der Waals surface area contributed by atoms with Crippen molar-refractivity contribution >= 4 is 11.8 Å². The second kappa shape index (κ2) is 7.69. The molecule has 5 nitrogen and oxygen atoms in total. The van der Waals surface area contributed by atoms with Gasteiger partial charge in [0.1, 0.15) is 0 Å². The normalized spacial score (nSPS) is 26.3. The summed E-state index contributed by atoms with van der Waals surface area (Å²) in [6, 6.07) is -0.257. The van der Waals surface area contributed by atoms with Gasteiger partial charge in [-0.3, -0.25) is 9.59 Å². The van der Waals surface area contributed by atoms with Crippen molar-refractivity contribution in [3.63, 3.8) is 0 Å². The third-order valence-electron chi connectivity index (χ3n) is 6.26. The van der Waals surface area contributed by atoms with Crippen molar-refractivity contribution in [2.24, 2.45) is 34.8 Å². The van der Waals surface area contributed by atoms with E-state index in [0.717, 1.165) is 25.1 Å². The van der Waals surface area contributed by atoms with E-state index in [0.29, 0.717) is 23.3 Å². The second-order valence-corrected chi connectivity index (χ2v) is 9.92. The Morgan fingerprint density at radius 1 is 1.22 bits per heavy atom. The van der Waals surface area contributed by atoms with Gasteiger partial charge in [0.2, 0.25) is 11.8 Å². The van der Waals surface area contributed by atoms with Crippen LogP contribution in [0.4, 0.5) is 0 Å². The lowest BCUT2D eigenvalue weighted by molar-refractivity contribution is -0.139. The molecule has 2 rings (SSSR count). The van der Waals surface area contributed by atoms with Crippen LogP contribution in [-0.2, 0) is 9.59 Å². The summed E-state index contributed by atoms with van der Waals surface area (Å²) in [6.45, 7) is 21.4. The summed E-state index contributed by atoms with van der Waals surface area (Å²) in [5.74, 6) is 1.07. The average molecular weight is 376 g/mol. The van der Waals surface area contributed by atoms with Crippen LogP contribution in [0.3, 0.4) is 0 Å². The smallest absolute Gasteiger partial charge is 0.246 e. The highest BCUT2D eigenvalue weighted by Crippen LogP contribution is 2.52. The van der Waals surface area contributed by atoms with Crippen molar-refractivity contribution in [2.45, 2.75) is 66.5 Å². The molecule has 2 amide bonds. The minimum absolute atomic E-state index is 0.0114. The van der Waals surface area contributed by atoms with Gasteiger partial charge in [-0.25, -0.2) is 0 Å². The number of carbonyl (C=O) groups excluding carboxylic acids is 2. The quantitative estimate of drug-likeness (QED) is 0.640. The molecule has 0 radical (unpaired) electrons. The van der Waals surface area contributed by atoms with Gasteiger partial charge in [0.15, 0.2) is 0 Å². The first-order chi connectivity index (χ1) is 12.3. The fourth-order valence-electron chi connectivity index (χ4n) is 4.00. The van der Waals surface area contributed by atoms with E-state index in [1.54, 1.807) is 0 Å². The Morgan fingerprint density at radius 3 is 2.30 bits per heavy atom. The average Bonchev–Trinajstić information content (AvgIpc) is 3.20. The summed E-state index contributed by atoms with van der Waals surface area (Å²) in [5, 5.41) is 3.40. The van der Waals surface area contributed by atoms with Crippen molar-refractivity contribution in [1.29, 1.82) is 0 Å². The lowest BCUT2D eigenvalue weighted by Gasteiger charge is -2.37. The van der Waals surface area contributed by atoms with Gasteiger partial charge in [-0.1, -0.05) is 54.7 Å². The summed E-state index contributed by atoms with van der Waals surface area (Å²) in [5.41, 5.74) is 6.57. The Morgan fingerprint density at radius 2 is 1.81 bits per heavy atom. The summed E-state index contributed by atoms with van der Waals surface area (Å²) in [7, 11) is 0. The third kappa shape index (κ3) is 4.74. The Balaban J connectivity index is 2.16. The molecule has 1 aliphatic carbocycles. The van der Waals surface area contributed by atoms with Crippen LogP contribution in [-0.4, -0.2) is 35.3 Å². The largest absolute Gasteiger partial charge is 0.380 e. The molecular formula is C22H37N3O2. The highest BCUT2D eigenvalue weighted by Gasteiger charge is 2.55. The van der Waals surface area contributed by atoms with Crippen molar-refractivity contribution < 1.29 is 9.59 Å². The number of nitrogens with zero attached hydrogens (tertiary/aromatic N) is 1. The molecule has 27 heavy (non-hydrogen) atoms. The van der Waals surface area contributed by atoms with Gasteiger partial charge in [-0.2, -0.15) is 0 Å². The third-order valence-corrected chi connectivity index (χ3v) is 6.26. The van der Waals surface area contributed by atoms with Crippen LogP contribution >= 0.6 is 0 Å². The van der Waals surface area contributed by atoms with E-state index in [1.807, 2.05) is 11.8 Å². The lowest BCUT2D eigenvalue weighted by Crippen LogP contribution is -2.49. The molecule has 3 unspecified atom stereocenters. The predicted octanol–water partition coefficient (Wildman–Crippen LogP) is 3.08. The van der Waals surface area contributed by atoms with Crippen LogP contribution in [0.5, 0.6) is 0 Å². The first kappa shape index (κ1) is 21.5. The number of nitrogens with two attached hydrogens (primary N) is 1. The highest BCUT2D eigenvalue weighted by molar-refractivity contribution is 5.92. The number of likely N-dealkylation sites (tertiary alicyclic amines) is 1. The summed E-state index contributed by atoms with van der Waals surface area (Å²) in [6.07, 6.45) is 1.89. The minimum Gasteiger partial charge on any atom is -0.380 e. The van der Waals surface area contributed by atoms with Crippen molar-refractivity contribution in [3.8, 4) is 0 Å². The zero-order valence-corrected chi connectivity index (χ0v) is 17.8. The molecule has 2 fully saturated rings. The number of rotatable bonds is 8. The SMILES string of the molecule is C=C(C(N)=O)C(CC(C)C)NC(=C)C1[C@H]2C[C@H]2CN1C(=O)C(C)C(C)(C)C. The predicted molar refractivity (Wildman–Crippen MR) is 110 cm³/mol. The van der Waals surface area contributed by atoms with Crippen LogP contribution < -0.4 is 11.1 Å². The fourth-order valence-corrected chi connectivity index (χ4v) is 4.00. The molecule has 0 aromatic rings. The molecule has 0 bridgehead atoms. The van der Waals surface area contributed by atoms with Crippen LogP contribution in [0.25, 0.3) is 0 Å². The number of carbonyl (C=O) groups is 2. The van der Waals surface area contributed by atoms with Gasteiger partial charge in [0.05, 0.1) is 12.1 Å². The summed E-state index contributed by atoms with van der Waals surface area (Å²) < 4.78 is 0. The van der Waals surface area contributed by atoms with Crippen LogP contribution in [0.1, 0.15) is 54.4 Å². The first-order valence-electron chi connectivity index (χ1n) is 10.1. The zero-order valence-electron chi connectivity index (χ0n) is 17.8. The van der Waals surface area contributed by atoms with Gasteiger partial charge in [-0.05, 0) is 36.0 Å². The first-order valence-corrected chi connectivity index (χ1v) is 10.1. The number of hydrogen-bond acceptors (Lipinski definition) is 3. The number of fused-ring (bicyclic) bond motifs is 1. The molecular weight excluding hydrogens is 338 g/mol. The van der Waals surface area contributed by atoms with Gasteiger partial charge in [0.25, 0.3) is 0 Å². The van der Waals surface area contributed by atoms with Gasteiger partial charge >= 0.3 is 0 Å². The van der Waals surface area contributed by atoms with Crippen molar-refractivity contribution in [2.75, 3.05) is 6.54 Å². The summed E-state index contributed by atoms with van der Waals surface area (Å²) in [4.78, 5) is 26.8. The minimum atomic E-state index is -0.494. The fraction of sp³-hybridized carbons (Fsp3) is 0.727. The molecule has 5 atom stereocenters. The molecule has 0 aromatic carbocycles. The Labute approximate surface area is 164 Å². The Hall–Kier alpha value is -1.78. The van der Waals surface area contributed by atoms with Crippen molar-refractivity contribution in [1.82, 2.24) is 10.2 Å². The van der Waals surface area contributed by atoms with Crippen LogP contribution in [0.2, 0.25) is 0 Å². The molecule has 5 heteroatoms. The number of primary amides is 1. The maximum Gasteiger partial charge on any atom is 0.246 e. The van der Waals surface area contributed by atoms with Crippen molar-refractivity contribution in [3.05, 3.63) is 24.4 Å². The summed E-state index contributed by atoms with van der Waals surface area (Å²) >= 11 is 0. The number of nitrogens with one attached hydrogen (secondary N) is 1. The lowest BCUT2D eigenvalue weighted by atomic mass is 9.81. The van der Waals surface area contributed by atoms with E-state index in [1.165, 1.54) is 0 Å². The maximum absolute atomic E-state index is 13.1. The molecule has 3 N–H and O–H groups in total. The molecule has 152 valence electrons.